The van der Waals surface area contributed by atoms with Crippen molar-refractivity contribution in [1.82, 2.24) is 0 Å². The maximum absolute atomic E-state index is 12.5. The highest BCUT2D eigenvalue weighted by atomic mass is 35.5. The molecule has 0 heterocycles. The summed E-state index contributed by atoms with van der Waals surface area (Å²) >= 11 is 0. The van der Waals surface area contributed by atoms with E-state index in [1.54, 1.807) is 19.1 Å². The van der Waals surface area contributed by atoms with Crippen molar-refractivity contribution in [3.05, 3.63) is 23.8 Å². The van der Waals surface area contributed by atoms with Crippen LogP contribution in [0.3, 0.4) is 0 Å². The van der Waals surface area contributed by atoms with Gasteiger partial charge in [-0.3, -0.25) is 4.79 Å². The van der Waals surface area contributed by atoms with Crippen LogP contribution in [0.4, 0.5) is 5.69 Å². The average molecular weight is 362 g/mol. The summed E-state index contributed by atoms with van der Waals surface area (Å²) < 4.78 is 23.1. The van der Waals surface area contributed by atoms with Crippen molar-refractivity contribution in [3.63, 3.8) is 0 Å². The van der Waals surface area contributed by atoms with E-state index in [1.807, 2.05) is 6.92 Å². The zero-order chi connectivity index (χ0) is 16.5. The van der Waals surface area contributed by atoms with Crippen LogP contribution >= 0.6 is 12.4 Å². The third-order valence-electron chi connectivity index (χ3n) is 4.33. The van der Waals surface area contributed by atoms with Crippen molar-refractivity contribution in [3.8, 4) is 0 Å². The molecule has 1 aromatic rings. The van der Waals surface area contributed by atoms with Crippen LogP contribution in [0.5, 0.6) is 0 Å². The molecule has 0 aromatic heterocycles. The maximum atomic E-state index is 12.5. The number of nitrogens with two attached hydrogens (primary N) is 2. The standard InChI is InChI=1S/C15H23N3O3S.ClH/c1-10-6-7-11(9-13(10)22(17,20)21)18-14(19)12-5-3-4-8-15(12,2)16;/h6-7,9,12H,3-5,8,16H2,1-2H3,(H,18,19)(H2,17,20,21);1H. The van der Waals surface area contributed by atoms with Gasteiger partial charge in [-0.15, -0.1) is 12.4 Å². The molecular formula is C15H24ClN3O3S. The summed E-state index contributed by atoms with van der Waals surface area (Å²) in [6.45, 7) is 3.55. The fourth-order valence-corrected chi connectivity index (χ4v) is 3.81. The molecule has 0 bridgehead atoms. The van der Waals surface area contributed by atoms with Crippen molar-refractivity contribution in [2.45, 2.75) is 50.0 Å². The minimum atomic E-state index is -3.82. The van der Waals surface area contributed by atoms with E-state index in [0.717, 1.165) is 25.7 Å². The largest absolute Gasteiger partial charge is 0.326 e. The molecule has 1 saturated carbocycles. The number of carbonyl (C=O) groups is 1. The molecule has 130 valence electrons. The SMILES string of the molecule is Cc1ccc(NC(=O)C2CCCCC2(C)N)cc1S(N)(=O)=O.Cl. The highest BCUT2D eigenvalue weighted by Gasteiger charge is 2.37. The third-order valence-corrected chi connectivity index (χ3v) is 5.39. The van der Waals surface area contributed by atoms with Gasteiger partial charge in [0.15, 0.2) is 0 Å². The first-order chi connectivity index (χ1) is 10.1. The molecule has 2 atom stereocenters. The molecule has 1 aliphatic carbocycles. The molecule has 6 nitrogen and oxygen atoms in total. The fraction of sp³-hybridized carbons (Fsp3) is 0.533. The lowest BCUT2D eigenvalue weighted by atomic mass is 9.74. The number of rotatable bonds is 3. The van der Waals surface area contributed by atoms with E-state index in [1.165, 1.54) is 6.07 Å². The number of benzene rings is 1. The zero-order valence-electron chi connectivity index (χ0n) is 13.3. The molecular weight excluding hydrogens is 338 g/mol. The first-order valence-electron chi connectivity index (χ1n) is 7.34. The van der Waals surface area contributed by atoms with Crippen LogP contribution in [0.1, 0.15) is 38.2 Å². The Balaban J connectivity index is 0.00000264. The summed E-state index contributed by atoms with van der Waals surface area (Å²) in [5, 5.41) is 7.95. The molecule has 5 N–H and O–H groups in total. The Labute approximate surface area is 143 Å². The summed E-state index contributed by atoms with van der Waals surface area (Å²) in [5.41, 5.74) is 6.65. The molecule has 0 saturated heterocycles. The van der Waals surface area contributed by atoms with Crippen LogP contribution in [0.15, 0.2) is 23.1 Å². The van der Waals surface area contributed by atoms with Crippen molar-refractivity contribution < 1.29 is 13.2 Å². The van der Waals surface area contributed by atoms with Crippen LogP contribution in [0, 0.1) is 12.8 Å². The Kier molecular flexibility index (Phi) is 6.20. The second-order valence-electron chi connectivity index (χ2n) is 6.32. The Morgan fingerprint density at radius 2 is 2.00 bits per heavy atom. The first-order valence-corrected chi connectivity index (χ1v) is 8.89. The number of amides is 1. The topological polar surface area (TPSA) is 115 Å². The molecule has 1 fully saturated rings. The fourth-order valence-electron chi connectivity index (χ4n) is 3.00. The second-order valence-corrected chi connectivity index (χ2v) is 7.85. The quantitative estimate of drug-likeness (QED) is 0.762. The highest BCUT2D eigenvalue weighted by Crippen LogP contribution is 2.32. The molecule has 2 unspecified atom stereocenters. The van der Waals surface area contributed by atoms with Crippen LogP contribution < -0.4 is 16.2 Å². The lowest BCUT2D eigenvalue weighted by molar-refractivity contribution is -0.122. The minimum Gasteiger partial charge on any atom is -0.326 e. The monoisotopic (exact) mass is 361 g/mol. The van der Waals surface area contributed by atoms with E-state index in [-0.39, 0.29) is 29.1 Å². The predicted molar refractivity (Wildman–Crippen MR) is 93.0 cm³/mol. The molecule has 23 heavy (non-hydrogen) atoms. The number of nitrogens with one attached hydrogen (secondary N) is 1. The summed E-state index contributed by atoms with van der Waals surface area (Å²) in [6, 6.07) is 4.68. The van der Waals surface area contributed by atoms with Gasteiger partial charge < -0.3 is 11.1 Å². The molecule has 0 aliphatic heterocycles. The molecule has 1 amide bonds. The second kappa shape index (κ2) is 7.17. The molecule has 1 aliphatic rings. The van der Waals surface area contributed by atoms with Crippen LogP contribution in [-0.4, -0.2) is 19.9 Å². The van der Waals surface area contributed by atoms with E-state index in [4.69, 9.17) is 10.9 Å². The van der Waals surface area contributed by atoms with E-state index in [0.29, 0.717) is 11.3 Å². The highest BCUT2D eigenvalue weighted by molar-refractivity contribution is 7.89. The minimum absolute atomic E-state index is 0. The smallest absolute Gasteiger partial charge is 0.238 e. The van der Waals surface area contributed by atoms with Gasteiger partial charge in [-0.2, -0.15) is 0 Å². The van der Waals surface area contributed by atoms with Gasteiger partial charge in [0.05, 0.1) is 10.8 Å². The molecule has 2 rings (SSSR count). The number of carbonyl (C=O) groups excluding carboxylic acids is 1. The third kappa shape index (κ3) is 4.67. The van der Waals surface area contributed by atoms with Gasteiger partial charge in [-0.1, -0.05) is 18.9 Å². The van der Waals surface area contributed by atoms with Crippen molar-refractivity contribution in [2.75, 3.05) is 5.32 Å². The Morgan fingerprint density at radius 1 is 1.35 bits per heavy atom. The lowest BCUT2D eigenvalue weighted by Crippen LogP contribution is -2.51. The first kappa shape index (κ1) is 19.9. The van der Waals surface area contributed by atoms with E-state index < -0.39 is 15.6 Å². The number of aryl methyl sites for hydroxylation is 1. The van der Waals surface area contributed by atoms with E-state index >= 15 is 0 Å². The van der Waals surface area contributed by atoms with Gasteiger partial charge >= 0.3 is 0 Å². The van der Waals surface area contributed by atoms with Gasteiger partial charge in [0, 0.05) is 11.2 Å². The molecule has 8 heteroatoms. The zero-order valence-corrected chi connectivity index (χ0v) is 15.0. The van der Waals surface area contributed by atoms with Crippen molar-refractivity contribution >= 4 is 34.0 Å². The van der Waals surface area contributed by atoms with Crippen LogP contribution in [0.25, 0.3) is 0 Å². The summed E-state index contributed by atoms with van der Waals surface area (Å²) in [4.78, 5) is 12.5. The van der Waals surface area contributed by atoms with Crippen molar-refractivity contribution in [2.24, 2.45) is 16.8 Å². The number of primary sulfonamides is 1. The van der Waals surface area contributed by atoms with Crippen LogP contribution in [-0.2, 0) is 14.8 Å². The summed E-state index contributed by atoms with van der Waals surface area (Å²) in [7, 11) is -3.82. The lowest BCUT2D eigenvalue weighted by Gasteiger charge is -2.37. The van der Waals surface area contributed by atoms with Crippen LogP contribution in [0.2, 0.25) is 0 Å². The maximum Gasteiger partial charge on any atom is 0.238 e. The van der Waals surface area contributed by atoms with Gasteiger partial charge in [-0.05, 0) is 44.4 Å². The summed E-state index contributed by atoms with van der Waals surface area (Å²) in [5.74, 6) is -0.450. The summed E-state index contributed by atoms with van der Waals surface area (Å²) in [6.07, 6.45) is 3.55. The number of hydrogen-bond donors (Lipinski definition) is 3. The van der Waals surface area contributed by atoms with Gasteiger partial charge in [0.25, 0.3) is 0 Å². The number of hydrogen-bond acceptors (Lipinski definition) is 4. The van der Waals surface area contributed by atoms with Gasteiger partial charge in [-0.25, -0.2) is 13.6 Å². The van der Waals surface area contributed by atoms with Gasteiger partial charge in [0.2, 0.25) is 15.9 Å². The van der Waals surface area contributed by atoms with E-state index in [9.17, 15) is 13.2 Å². The average Bonchev–Trinajstić information content (AvgIpc) is 2.39. The Morgan fingerprint density at radius 3 is 2.57 bits per heavy atom. The number of anilines is 1. The van der Waals surface area contributed by atoms with Gasteiger partial charge in [0.1, 0.15) is 0 Å². The molecule has 0 radical (unpaired) electrons. The molecule has 1 aromatic carbocycles. The number of halogens is 1. The number of sulfonamides is 1. The Bertz CT molecular complexity index is 689. The van der Waals surface area contributed by atoms with E-state index in [2.05, 4.69) is 5.32 Å². The Hall–Kier alpha value is -1.15. The van der Waals surface area contributed by atoms with Crippen molar-refractivity contribution in [1.29, 1.82) is 0 Å². The predicted octanol–water partition coefficient (Wildman–Crippen LogP) is 1.91. The molecule has 0 spiro atoms. The normalized spacial score (nSPS) is 24.6.